The Morgan fingerprint density at radius 1 is 1.25 bits per heavy atom. The molecule has 0 aliphatic rings. The van der Waals surface area contributed by atoms with Crippen LogP contribution in [0, 0.1) is 0 Å². The predicted molar refractivity (Wildman–Crippen MR) is 76.7 cm³/mol. The van der Waals surface area contributed by atoms with Crippen LogP contribution in [0.15, 0.2) is 42.7 Å². The quantitative estimate of drug-likeness (QED) is 0.634. The highest BCUT2D eigenvalue weighted by Gasteiger charge is 2.18. The predicted octanol–water partition coefficient (Wildman–Crippen LogP) is 1.42. The number of nitrogens with two attached hydrogens (primary N) is 1. The van der Waals surface area contributed by atoms with E-state index in [1.165, 1.54) is 0 Å². The van der Waals surface area contributed by atoms with Gasteiger partial charge in [0.15, 0.2) is 5.82 Å². The molecular weight excluding hydrogens is 254 g/mol. The van der Waals surface area contributed by atoms with E-state index in [0.29, 0.717) is 24.5 Å². The second-order valence-corrected chi connectivity index (χ2v) is 4.18. The second-order valence-electron chi connectivity index (χ2n) is 4.18. The van der Waals surface area contributed by atoms with Gasteiger partial charge in [0.2, 0.25) is 0 Å². The number of anilines is 1. The first-order chi connectivity index (χ1) is 9.76. The normalized spacial score (nSPS) is 10.1. The van der Waals surface area contributed by atoms with Crippen LogP contribution in [-0.4, -0.2) is 27.3 Å². The lowest BCUT2D eigenvalue weighted by atomic mass is 10.2. The number of carbonyl (C=O) groups excluding carboxylic acids is 1. The standard InChI is InChI=1S/C14H17N5O/c1-2-19(10-11-6-3-4-8-16-11)14(20)12-7-5-9-17-13(12)18-15/h3-9H,2,10,15H2,1H3,(H,17,18). The molecule has 2 heterocycles. The molecule has 0 unspecified atom stereocenters. The summed E-state index contributed by atoms with van der Waals surface area (Å²) in [4.78, 5) is 22.5. The Balaban J connectivity index is 2.21. The van der Waals surface area contributed by atoms with Crippen molar-refractivity contribution in [1.82, 2.24) is 14.9 Å². The molecule has 0 fully saturated rings. The van der Waals surface area contributed by atoms with Crippen molar-refractivity contribution in [3.63, 3.8) is 0 Å². The van der Waals surface area contributed by atoms with Crippen LogP contribution in [0.3, 0.4) is 0 Å². The molecule has 6 nitrogen and oxygen atoms in total. The number of carbonyl (C=O) groups is 1. The lowest BCUT2D eigenvalue weighted by Crippen LogP contribution is -2.31. The largest absolute Gasteiger partial charge is 0.333 e. The van der Waals surface area contributed by atoms with Crippen molar-refractivity contribution in [2.75, 3.05) is 12.0 Å². The number of nitrogens with one attached hydrogen (secondary N) is 1. The van der Waals surface area contributed by atoms with Crippen molar-refractivity contribution in [3.8, 4) is 0 Å². The van der Waals surface area contributed by atoms with Crippen molar-refractivity contribution in [3.05, 3.63) is 54.0 Å². The van der Waals surface area contributed by atoms with Crippen LogP contribution in [0.25, 0.3) is 0 Å². The number of nitrogen functional groups attached to an aromatic ring is 1. The molecule has 0 spiro atoms. The fourth-order valence-electron chi connectivity index (χ4n) is 1.88. The molecule has 2 aromatic rings. The Hall–Kier alpha value is -2.47. The summed E-state index contributed by atoms with van der Waals surface area (Å²) in [6, 6.07) is 9.05. The van der Waals surface area contributed by atoms with E-state index >= 15 is 0 Å². The van der Waals surface area contributed by atoms with Crippen LogP contribution in [0.5, 0.6) is 0 Å². The zero-order valence-corrected chi connectivity index (χ0v) is 11.3. The van der Waals surface area contributed by atoms with Gasteiger partial charge in [-0.25, -0.2) is 10.8 Å². The fourth-order valence-corrected chi connectivity index (χ4v) is 1.88. The van der Waals surface area contributed by atoms with Gasteiger partial charge in [-0.3, -0.25) is 9.78 Å². The zero-order chi connectivity index (χ0) is 14.4. The van der Waals surface area contributed by atoms with Gasteiger partial charge in [0.05, 0.1) is 17.8 Å². The minimum atomic E-state index is -0.126. The molecule has 2 aromatic heterocycles. The average Bonchev–Trinajstić information content (AvgIpc) is 2.53. The molecule has 20 heavy (non-hydrogen) atoms. The molecule has 104 valence electrons. The van der Waals surface area contributed by atoms with Gasteiger partial charge < -0.3 is 10.3 Å². The molecule has 0 radical (unpaired) electrons. The highest BCUT2D eigenvalue weighted by Crippen LogP contribution is 2.14. The van der Waals surface area contributed by atoms with Gasteiger partial charge in [0.25, 0.3) is 5.91 Å². The molecule has 0 saturated carbocycles. The first kappa shape index (κ1) is 14.0. The summed E-state index contributed by atoms with van der Waals surface area (Å²) in [5.74, 6) is 5.63. The van der Waals surface area contributed by atoms with Crippen LogP contribution < -0.4 is 11.3 Å². The van der Waals surface area contributed by atoms with E-state index < -0.39 is 0 Å². The van der Waals surface area contributed by atoms with E-state index in [9.17, 15) is 4.79 Å². The van der Waals surface area contributed by atoms with Gasteiger partial charge >= 0.3 is 0 Å². The number of nitrogens with zero attached hydrogens (tertiary/aromatic N) is 3. The van der Waals surface area contributed by atoms with Crippen molar-refractivity contribution in [1.29, 1.82) is 0 Å². The second kappa shape index (κ2) is 6.63. The number of hydrogen-bond acceptors (Lipinski definition) is 5. The summed E-state index contributed by atoms with van der Waals surface area (Å²) >= 11 is 0. The molecule has 0 bridgehead atoms. The number of rotatable bonds is 5. The number of hydrogen-bond donors (Lipinski definition) is 2. The Morgan fingerprint density at radius 2 is 2.05 bits per heavy atom. The first-order valence-corrected chi connectivity index (χ1v) is 6.37. The van der Waals surface area contributed by atoms with Gasteiger partial charge in [0, 0.05) is 18.9 Å². The highest BCUT2D eigenvalue weighted by atomic mass is 16.2. The minimum Gasteiger partial charge on any atom is -0.333 e. The van der Waals surface area contributed by atoms with E-state index in [4.69, 9.17) is 5.84 Å². The molecule has 0 aliphatic heterocycles. The lowest BCUT2D eigenvalue weighted by molar-refractivity contribution is 0.0751. The number of amides is 1. The van der Waals surface area contributed by atoms with E-state index in [1.54, 1.807) is 29.4 Å². The van der Waals surface area contributed by atoms with Crippen LogP contribution in [0.2, 0.25) is 0 Å². The third-order valence-corrected chi connectivity index (χ3v) is 2.92. The highest BCUT2D eigenvalue weighted by molar-refractivity contribution is 5.98. The van der Waals surface area contributed by atoms with Crippen molar-refractivity contribution < 1.29 is 4.79 Å². The van der Waals surface area contributed by atoms with Crippen LogP contribution >= 0.6 is 0 Å². The summed E-state index contributed by atoms with van der Waals surface area (Å²) in [6.07, 6.45) is 3.30. The minimum absolute atomic E-state index is 0.126. The molecule has 1 amide bonds. The maximum atomic E-state index is 12.5. The zero-order valence-electron chi connectivity index (χ0n) is 11.3. The summed E-state index contributed by atoms with van der Waals surface area (Å²) in [6.45, 7) is 2.95. The molecule has 0 atom stereocenters. The third kappa shape index (κ3) is 3.10. The van der Waals surface area contributed by atoms with Crippen LogP contribution in [-0.2, 0) is 6.54 Å². The van der Waals surface area contributed by atoms with E-state index in [0.717, 1.165) is 5.69 Å². The summed E-state index contributed by atoms with van der Waals surface area (Å²) < 4.78 is 0. The molecule has 3 N–H and O–H groups in total. The van der Waals surface area contributed by atoms with Crippen molar-refractivity contribution in [2.24, 2.45) is 5.84 Å². The average molecular weight is 271 g/mol. The summed E-state index contributed by atoms with van der Waals surface area (Å²) in [5, 5.41) is 0. The molecule has 0 aromatic carbocycles. The summed E-state index contributed by atoms with van der Waals surface area (Å²) in [5.41, 5.74) is 3.74. The summed E-state index contributed by atoms with van der Waals surface area (Å²) in [7, 11) is 0. The van der Waals surface area contributed by atoms with Crippen molar-refractivity contribution >= 4 is 11.7 Å². The molecular formula is C14H17N5O. The maximum absolute atomic E-state index is 12.5. The monoisotopic (exact) mass is 271 g/mol. The van der Waals surface area contributed by atoms with Crippen molar-refractivity contribution in [2.45, 2.75) is 13.5 Å². The maximum Gasteiger partial charge on any atom is 0.257 e. The lowest BCUT2D eigenvalue weighted by Gasteiger charge is -2.21. The topological polar surface area (TPSA) is 84.1 Å². The van der Waals surface area contributed by atoms with Gasteiger partial charge in [-0.1, -0.05) is 6.07 Å². The Kier molecular flexibility index (Phi) is 4.62. The van der Waals surface area contributed by atoms with Crippen LogP contribution in [0.1, 0.15) is 23.0 Å². The third-order valence-electron chi connectivity index (χ3n) is 2.92. The smallest absolute Gasteiger partial charge is 0.257 e. The van der Waals surface area contributed by atoms with Gasteiger partial charge in [-0.05, 0) is 31.2 Å². The molecule has 0 aliphatic carbocycles. The van der Waals surface area contributed by atoms with Gasteiger partial charge in [-0.2, -0.15) is 0 Å². The first-order valence-electron chi connectivity index (χ1n) is 6.37. The van der Waals surface area contributed by atoms with E-state index in [1.807, 2.05) is 25.1 Å². The molecule has 0 saturated heterocycles. The van der Waals surface area contributed by atoms with Crippen LogP contribution in [0.4, 0.5) is 5.82 Å². The molecule has 2 rings (SSSR count). The van der Waals surface area contributed by atoms with E-state index in [-0.39, 0.29) is 5.91 Å². The van der Waals surface area contributed by atoms with Gasteiger partial charge in [-0.15, -0.1) is 0 Å². The number of pyridine rings is 2. The van der Waals surface area contributed by atoms with Gasteiger partial charge in [0.1, 0.15) is 0 Å². The number of hydrazine groups is 1. The number of aromatic nitrogens is 2. The fraction of sp³-hybridized carbons (Fsp3) is 0.214. The Labute approximate surface area is 117 Å². The SMILES string of the molecule is CCN(Cc1ccccn1)C(=O)c1cccnc1NN. The Bertz CT molecular complexity index is 573. The molecule has 6 heteroatoms. The van der Waals surface area contributed by atoms with E-state index in [2.05, 4.69) is 15.4 Å². The Morgan fingerprint density at radius 3 is 2.70 bits per heavy atom.